The van der Waals surface area contributed by atoms with Crippen LogP contribution in [0.4, 0.5) is 0 Å². The fraction of sp³-hybridized carbons (Fsp3) is 0.650. The number of nitrogens with zero attached hydrogens (tertiary/aromatic N) is 1. The second kappa shape index (κ2) is 5.58. The molecule has 2 aliphatic rings. The molecule has 2 heteroatoms. The third-order valence-corrected chi connectivity index (χ3v) is 6.40. The van der Waals surface area contributed by atoms with E-state index < -0.39 is 0 Å². The molecule has 3 atom stereocenters. The monoisotopic (exact) mass is 313 g/mol. The van der Waals surface area contributed by atoms with E-state index in [1.54, 1.807) is 11.1 Å². The number of thiocarbonyl (C=S) groups is 1. The Bertz CT molecular complexity index is 629. The lowest BCUT2D eigenvalue weighted by atomic mass is 9.52. The van der Waals surface area contributed by atoms with Crippen molar-refractivity contribution in [3.05, 3.63) is 34.9 Å². The van der Waals surface area contributed by atoms with Gasteiger partial charge in [0.2, 0.25) is 0 Å². The molecule has 1 nitrogen and oxygen atoms in total. The van der Waals surface area contributed by atoms with Crippen molar-refractivity contribution in [2.45, 2.75) is 76.7 Å². The van der Waals surface area contributed by atoms with E-state index in [2.05, 4.69) is 56.0 Å². The number of aliphatic imine (C=N–C) groups is 1. The van der Waals surface area contributed by atoms with E-state index >= 15 is 0 Å². The van der Waals surface area contributed by atoms with Crippen LogP contribution in [0.1, 0.15) is 76.0 Å². The summed E-state index contributed by atoms with van der Waals surface area (Å²) in [5.41, 5.74) is 4.82. The fourth-order valence-electron chi connectivity index (χ4n) is 5.07. The molecule has 0 saturated heterocycles. The molecule has 1 fully saturated rings. The summed E-state index contributed by atoms with van der Waals surface area (Å²) in [6, 6.07) is 7.20. The molecule has 22 heavy (non-hydrogen) atoms. The molecule has 0 spiro atoms. The number of hydrogen-bond donors (Lipinski definition) is 0. The lowest BCUT2D eigenvalue weighted by Crippen LogP contribution is -2.51. The third-order valence-electron chi connectivity index (χ3n) is 6.31. The van der Waals surface area contributed by atoms with Gasteiger partial charge in [-0.05, 0) is 78.8 Å². The highest BCUT2D eigenvalue weighted by Gasteiger charge is 2.51. The van der Waals surface area contributed by atoms with Gasteiger partial charge in [-0.15, -0.1) is 0 Å². The zero-order valence-corrected chi connectivity index (χ0v) is 15.1. The first-order valence-corrected chi connectivity index (χ1v) is 9.04. The van der Waals surface area contributed by atoms with Crippen molar-refractivity contribution >= 4 is 17.4 Å². The third kappa shape index (κ3) is 2.37. The summed E-state index contributed by atoms with van der Waals surface area (Å²) in [5.74, 6) is 1.19. The minimum absolute atomic E-state index is 0.0246. The molecule has 1 saturated carbocycles. The van der Waals surface area contributed by atoms with Crippen LogP contribution in [-0.4, -0.2) is 10.7 Å². The number of isothiocyanates is 1. The molecule has 0 radical (unpaired) electrons. The summed E-state index contributed by atoms with van der Waals surface area (Å²) in [7, 11) is 0. The number of rotatable bonds is 2. The smallest absolute Gasteiger partial charge is 0.0719 e. The molecule has 0 unspecified atom stereocenters. The minimum atomic E-state index is -0.0246. The maximum absolute atomic E-state index is 4.94. The Morgan fingerprint density at radius 3 is 2.73 bits per heavy atom. The van der Waals surface area contributed by atoms with E-state index in [0.29, 0.717) is 11.8 Å². The summed E-state index contributed by atoms with van der Waals surface area (Å²) in [6.45, 7) is 9.31. The Balaban J connectivity index is 2.07. The lowest BCUT2D eigenvalue weighted by molar-refractivity contribution is 0.0930. The summed E-state index contributed by atoms with van der Waals surface area (Å²) >= 11 is 4.94. The van der Waals surface area contributed by atoms with Crippen LogP contribution in [0.25, 0.3) is 0 Å². The van der Waals surface area contributed by atoms with Crippen LogP contribution < -0.4 is 0 Å². The topological polar surface area (TPSA) is 12.4 Å². The zero-order chi connectivity index (χ0) is 16.0. The quantitative estimate of drug-likeness (QED) is 0.506. The Hall–Kier alpha value is -0.980. The van der Waals surface area contributed by atoms with Crippen molar-refractivity contribution < 1.29 is 0 Å². The first-order chi connectivity index (χ1) is 10.4. The second-order valence-corrected chi connectivity index (χ2v) is 8.18. The van der Waals surface area contributed by atoms with Crippen molar-refractivity contribution in [2.75, 3.05) is 0 Å². The highest BCUT2D eigenvalue weighted by atomic mass is 32.1. The van der Waals surface area contributed by atoms with Gasteiger partial charge in [-0.1, -0.05) is 45.4 Å². The molecule has 0 heterocycles. The van der Waals surface area contributed by atoms with Crippen LogP contribution in [0.5, 0.6) is 0 Å². The van der Waals surface area contributed by atoms with Crippen molar-refractivity contribution in [1.82, 2.24) is 0 Å². The van der Waals surface area contributed by atoms with E-state index in [-0.39, 0.29) is 11.0 Å². The van der Waals surface area contributed by atoms with Gasteiger partial charge in [0.15, 0.2) is 0 Å². The molecule has 0 aromatic heterocycles. The number of benzene rings is 1. The van der Waals surface area contributed by atoms with Gasteiger partial charge in [0.05, 0.1) is 10.7 Å². The molecule has 0 aliphatic heterocycles. The zero-order valence-electron chi connectivity index (χ0n) is 14.3. The number of hydrogen-bond acceptors (Lipinski definition) is 2. The molecule has 0 bridgehead atoms. The summed E-state index contributed by atoms with van der Waals surface area (Å²) in [6.07, 6.45) is 6.06. The first-order valence-electron chi connectivity index (χ1n) is 8.63. The molecule has 118 valence electrons. The largest absolute Gasteiger partial charge is 0.226 e. The Morgan fingerprint density at radius 1 is 1.27 bits per heavy atom. The standard InChI is InChI=1S/C20H27NS/c1-14(2)15-6-8-17-16(12-15)7-9-18-19(17,3)10-5-11-20(18,4)21-13-22/h6,8,12,14,18H,5,7,9-11H2,1-4H3/t18-,19-,20-/m1/s1. The molecule has 1 aromatic rings. The van der Waals surface area contributed by atoms with Crippen molar-refractivity contribution in [2.24, 2.45) is 10.9 Å². The molecular formula is C20H27NS. The molecule has 1 aromatic carbocycles. The number of aryl methyl sites for hydroxylation is 1. The van der Waals surface area contributed by atoms with Gasteiger partial charge in [0.25, 0.3) is 0 Å². The van der Waals surface area contributed by atoms with Gasteiger partial charge >= 0.3 is 0 Å². The SMILES string of the molecule is CC(C)c1ccc2c(c1)CC[C@H]1[C@](C)(N=C=S)CCC[C@]21C. The highest BCUT2D eigenvalue weighted by Crippen LogP contribution is 2.55. The predicted molar refractivity (Wildman–Crippen MR) is 97.0 cm³/mol. The van der Waals surface area contributed by atoms with Crippen LogP contribution >= 0.6 is 12.2 Å². The Labute approximate surface area is 140 Å². The average Bonchev–Trinajstić information content (AvgIpc) is 2.46. The summed E-state index contributed by atoms with van der Waals surface area (Å²) < 4.78 is 0. The van der Waals surface area contributed by atoms with Gasteiger partial charge in [-0.2, -0.15) is 0 Å². The first kappa shape index (κ1) is 15.9. The normalized spacial score (nSPS) is 33.8. The number of fused-ring (bicyclic) bond motifs is 3. The molecule has 0 N–H and O–H groups in total. The van der Waals surface area contributed by atoms with Gasteiger partial charge in [0, 0.05) is 0 Å². The van der Waals surface area contributed by atoms with Crippen LogP contribution in [-0.2, 0) is 11.8 Å². The Kier molecular flexibility index (Phi) is 4.03. The van der Waals surface area contributed by atoms with Crippen molar-refractivity contribution in [1.29, 1.82) is 0 Å². The van der Waals surface area contributed by atoms with Crippen LogP contribution in [0.2, 0.25) is 0 Å². The Morgan fingerprint density at radius 2 is 2.05 bits per heavy atom. The molecule has 0 amide bonds. The summed E-state index contributed by atoms with van der Waals surface area (Å²) in [5, 5.41) is 2.68. The van der Waals surface area contributed by atoms with E-state index in [0.717, 1.165) is 6.42 Å². The fourth-order valence-corrected chi connectivity index (χ4v) is 5.28. The second-order valence-electron chi connectivity index (χ2n) is 7.99. The predicted octanol–water partition coefficient (Wildman–Crippen LogP) is 5.68. The van der Waals surface area contributed by atoms with Crippen LogP contribution in [0, 0.1) is 5.92 Å². The minimum Gasteiger partial charge on any atom is -0.226 e. The van der Waals surface area contributed by atoms with Gasteiger partial charge in [0.1, 0.15) is 0 Å². The summed E-state index contributed by atoms with van der Waals surface area (Å²) in [4.78, 5) is 4.63. The maximum atomic E-state index is 4.94. The molecule has 3 rings (SSSR count). The van der Waals surface area contributed by atoms with E-state index in [4.69, 9.17) is 12.2 Å². The van der Waals surface area contributed by atoms with E-state index in [9.17, 15) is 0 Å². The lowest BCUT2D eigenvalue weighted by Gasteiger charge is -2.53. The maximum Gasteiger partial charge on any atom is 0.0719 e. The van der Waals surface area contributed by atoms with E-state index in [1.807, 2.05) is 0 Å². The highest BCUT2D eigenvalue weighted by molar-refractivity contribution is 7.78. The van der Waals surface area contributed by atoms with Crippen molar-refractivity contribution in [3.63, 3.8) is 0 Å². The van der Waals surface area contributed by atoms with Crippen LogP contribution in [0.15, 0.2) is 23.2 Å². The van der Waals surface area contributed by atoms with E-state index in [1.165, 1.54) is 31.2 Å². The average molecular weight is 314 g/mol. The van der Waals surface area contributed by atoms with Gasteiger partial charge in [-0.3, -0.25) is 0 Å². The van der Waals surface area contributed by atoms with Gasteiger partial charge in [-0.25, -0.2) is 4.99 Å². The van der Waals surface area contributed by atoms with Gasteiger partial charge < -0.3 is 0 Å². The molecule has 2 aliphatic carbocycles. The van der Waals surface area contributed by atoms with Crippen molar-refractivity contribution in [3.8, 4) is 0 Å². The van der Waals surface area contributed by atoms with Crippen LogP contribution in [0.3, 0.4) is 0 Å². The molecular weight excluding hydrogens is 286 g/mol.